The highest BCUT2D eigenvalue weighted by Gasteiger charge is 2.18. The van der Waals surface area contributed by atoms with Gasteiger partial charge in [-0.3, -0.25) is 4.57 Å². The molecule has 0 bridgehead atoms. The normalized spacial score (nSPS) is 11.5. The van der Waals surface area contributed by atoms with Crippen LogP contribution in [-0.2, 0) is 0 Å². The van der Waals surface area contributed by atoms with Gasteiger partial charge in [-0.05, 0) is 51.7 Å². The third-order valence-electron chi connectivity index (χ3n) is 8.76. The lowest BCUT2D eigenvalue weighted by Crippen LogP contribution is -2.00. The molecule has 46 heavy (non-hydrogen) atoms. The van der Waals surface area contributed by atoms with Crippen LogP contribution in [0, 0.1) is 0 Å². The Balaban J connectivity index is 1.10. The number of benzene rings is 7. The second-order valence-electron chi connectivity index (χ2n) is 11.5. The lowest BCUT2D eigenvalue weighted by atomic mass is 10.00. The molecule has 0 aliphatic carbocycles. The van der Waals surface area contributed by atoms with Crippen LogP contribution in [0.1, 0.15) is 0 Å². The van der Waals surface area contributed by atoms with Crippen molar-refractivity contribution in [3.63, 3.8) is 0 Å². The van der Waals surface area contributed by atoms with E-state index in [1.807, 2.05) is 30.3 Å². The van der Waals surface area contributed by atoms with E-state index in [-0.39, 0.29) is 0 Å². The molecule has 0 spiro atoms. The first-order chi connectivity index (χ1) is 22.8. The summed E-state index contributed by atoms with van der Waals surface area (Å²) >= 11 is 0. The number of para-hydroxylation sites is 3. The fraction of sp³-hybridized carbons (Fsp3) is 0. The first-order valence-corrected chi connectivity index (χ1v) is 15.4. The van der Waals surface area contributed by atoms with Gasteiger partial charge in [0.2, 0.25) is 0 Å². The van der Waals surface area contributed by atoms with Gasteiger partial charge in [-0.15, -0.1) is 10.2 Å². The predicted octanol–water partition coefficient (Wildman–Crippen LogP) is 11.0. The average Bonchev–Trinajstić information content (AvgIpc) is 3.75. The summed E-state index contributed by atoms with van der Waals surface area (Å²) in [4.78, 5) is 0. The zero-order valence-electron chi connectivity index (χ0n) is 24.8. The molecular formula is C42H27N3O. The number of rotatable bonds is 5. The Hall–Kier alpha value is -6.26. The van der Waals surface area contributed by atoms with Crippen molar-refractivity contribution in [1.82, 2.24) is 14.8 Å². The molecule has 4 nitrogen and oxygen atoms in total. The van der Waals surface area contributed by atoms with Gasteiger partial charge in [-0.1, -0.05) is 140 Å². The van der Waals surface area contributed by atoms with Crippen molar-refractivity contribution < 1.29 is 4.42 Å². The zero-order chi connectivity index (χ0) is 30.5. The summed E-state index contributed by atoms with van der Waals surface area (Å²) in [7, 11) is 0. The molecule has 4 heteroatoms. The molecule has 0 saturated carbocycles. The van der Waals surface area contributed by atoms with E-state index in [1.54, 1.807) is 0 Å². The third kappa shape index (κ3) is 4.39. The monoisotopic (exact) mass is 589 g/mol. The van der Waals surface area contributed by atoms with E-state index in [9.17, 15) is 0 Å². The van der Waals surface area contributed by atoms with Gasteiger partial charge in [-0.25, -0.2) is 0 Å². The number of fused-ring (bicyclic) bond motifs is 4. The van der Waals surface area contributed by atoms with Crippen molar-refractivity contribution in [3.8, 4) is 50.7 Å². The van der Waals surface area contributed by atoms with Crippen molar-refractivity contribution in [2.24, 2.45) is 0 Å². The summed E-state index contributed by atoms with van der Waals surface area (Å²) in [5.74, 6) is 1.58. The van der Waals surface area contributed by atoms with Crippen LogP contribution in [-0.4, -0.2) is 14.8 Å². The smallest absolute Gasteiger partial charge is 0.168 e. The van der Waals surface area contributed by atoms with Gasteiger partial charge in [0.05, 0.1) is 0 Å². The second kappa shape index (κ2) is 10.7. The van der Waals surface area contributed by atoms with Gasteiger partial charge < -0.3 is 4.42 Å². The number of hydrogen-bond acceptors (Lipinski definition) is 3. The summed E-state index contributed by atoms with van der Waals surface area (Å²) in [6.07, 6.45) is 0. The summed E-state index contributed by atoms with van der Waals surface area (Å²) in [5.41, 5.74) is 9.29. The minimum absolute atomic E-state index is 0.785. The highest BCUT2D eigenvalue weighted by Crippen LogP contribution is 2.37. The Morgan fingerprint density at radius 1 is 0.413 bits per heavy atom. The van der Waals surface area contributed by atoms with Gasteiger partial charge in [0, 0.05) is 33.2 Å². The molecule has 0 unspecified atom stereocenters. The standard InChI is InChI=1S/C42H27N3O/c1-2-11-35(12-3-1)45-41(31-22-17-29(18-23-31)34-26-19-28-9-4-5-10-33(28)27-34)43-44-42(45)32-24-20-30(21-25-32)36-14-8-15-38-37-13-6-7-16-39(37)46-40(36)38/h1-27H. The quantitative estimate of drug-likeness (QED) is 0.201. The molecule has 7 aromatic carbocycles. The molecule has 9 aromatic rings. The zero-order valence-corrected chi connectivity index (χ0v) is 24.8. The molecule has 0 amide bonds. The Morgan fingerprint density at radius 3 is 1.76 bits per heavy atom. The first kappa shape index (κ1) is 26.2. The molecule has 0 aliphatic heterocycles. The van der Waals surface area contributed by atoms with E-state index in [4.69, 9.17) is 14.6 Å². The van der Waals surface area contributed by atoms with Crippen molar-refractivity contribution in [2.45, 2.75) is 0 Å². The van der Waals surface area contributed by atoms with E-state index in [0.29, 0.717) is 0 Å². The SMILES string of the molecule is c1ccc(-n2c(-c3ccc(-c4ccc5ccccc5c4)cc3)nnc2-c2ccc(-c3cccc4c3oc3ccccc34)cc2)cc1. The maximum atomic E-state index is 6.31. The molecule has 0 N–H and O–H groups in total. The van der Waals surface area contributed by atoms with Crippen LogP contribution < -0.4 is 0 Å². The second-order valence-corrected chi connectivity index (χ2v) is 11.5. The van der Waals surface area contributed by atoms with E-state index >= 15 is 0 Å². The predicted molar refractivity (Wildman–Crippen MR) is 188 cm³/mol. The van der Waals surface area contributed by atoms with Gasteiger partial charge in [0.15, 0.2) is 11.6 Å². The molecule has 0 fully saturated rings. The largest absolute Gasteiger partial charge is 0.455 e. The summed E-state index contributed by atoms with van der Waals surface area (Å²) in [5, 5.41) is 14.2. The number of nitrogens with zero attached hydrogens (tertiary/aromatic N) is 3. The highest BCUT2D eigenvalue weighted by molar-refractivity contribution is 6.09. The van der Waals surface area contributed by atoms with Crippen molar-refractivity contribution in [1.29, 1.82) is 0 Å². The summed E-state index contributed by atoms with van der Waals surface area (Å²) < 4.78 is 8.45. The van der Waals surface area contributed by atoms with Gasteiger partial charge >= 0.3 is 0 Å². The minimum atomic E-state index is 0.785. The molecular weight excluding hydrogens is 562 g/mol. The minimum Gasteiger partial charge on any atom is -0.455 e. The molecule has 9 rings (SSSR count). The number of hydrogen-bond donors (Lipinski definition) is 0. The molecule has 2 heterocycles. The molecule has 0 radical (unpaired) electrons. The molecule has 0 atom stereocenters. The van der Waals surface area contributed by atoms with Crippen LogP contribution in [0.15, 0.2) is 168 Å². The molecule has 0 aliphatic rings. The maximum absolute atomic E-state index is 6.31. The Kier molecular flexibility index (Phi) is 6.10. The van der Waals surface area contributed by atoms with Crippen LogP contribution >= 0.6 is 0 Å². The number of aromatic nitrogens is 3. The third-order valence-corrected chi connectivity index (χ3v) is 8.76. The van der Waals surface area contributed by atoms with Gasteiger partial charge in [0.25, 0.3) is 0 Å². The Bertz CT molecular complexity index is 2510. The van der Waals surface area contributed by atoms with Gasteiger partial charge in [-0.2, -0.15) is 0 Å². The van der Waals surface area contributed by atoms with E-state index in [0.717, 1.165) is 67.1 Å². The van der Waals surface area contributed by atoms with Crippen LogP contribution in [0.5, 0.6) is 0 Å². The van der Waals surface area contributed by atoms with Gasteiger partial charge in [0.1, 0.15) is 11.2 Å². The lowest BCUT2D eigenvalue weighted by Gasteiger charge is -2.12. The lowest BCUT2D eigenvalue weighted by molar-refractivity contribution is 0.670. The number of furan rings is 1. The molecule has 0 saturated heterocycles. The summed E-state index contributed by atoms with van der Waals surface area (Å²) in [6.45, 7) is 0. The Morgan fingerprint density at radius 2 is 1.00 bits per heavy atom. The van der Waals surface area contributed by atoms with Crippen LogP contribution in [0.3, 0.4) is 0 Å². The highest BCUT2D eigenvalue weighted by atomic mass is 16.3. The molecule has 2 aromatic heterocycles. The fourth-order valence-corrected chi connectivity index (χ4v) is 6.43. The van der Waals surface area contributed by atoms with Crippen molar-refractivity contribution in [3.05, 3.63) is 164 Å². The van der Waals surface area contributed by atoms with E-state index in [2.05, 4.69) is 138 Å². The van der Waals surface area contributed by atoms with Crippen LogP contribution in [0.2, 0.25) is 0 Å². The van der Waals surface area contributed by atoms with Crippen LogP contribution in [0.25, 0.3) is 83.4 Å². The maximum Gasteiger partial charge on any atom is 0.168 e. The Labute approximate surface area is 265 Å². The van der Waals surface area contributed by atoms with E-state index in [1.165, 1.54) is 16.3 Å². The van der Waals surface area contributed by atoms with E-state index < -0.39 is 0 Å². The van der Waals surface area contributed by atoms with Crippen LogP contribution in [0.4, 0.5) is 0 Å². The fourth-order valence-electron chi connectivity index (χ4n) is 6.43. The van der Waals surface area contributed by atoms with Crippen molar-refractivity contribution in [2.75, 3.05) is 0 Å². The molecule has 216 valence electrons. The topological polar surface area (TPSA) is 43.9 Å². The summed E-state index contributed by atoms with van der Waals surface area (Å²) in [6, 6.07) is 57.0. The first-order valence-electron chi connectivity index (χ1n) is 15.4. The van der Waals surface area contributed by atoms with Crippen molar-refractivity contribution >= 4 is 32.7 Å². The average molecular weight is 590 g/mol.